The van der Waals surface area contributed by atoms with Gasteiger partial charge in [0, 0.05) is 11.3 Å². The van der Waals surface area contributed by atoms with Gasteiger partial charge in [0.1, 0.15) is 72.3 Å². The number of rotatable bonds is 16. The summed E-state index contributed by atoms with van der Waals surface area (Å²) in [5.74, 6) is -7.28. The Labute approximate surface area is 406 Å². The molecule has 0 spiro atoms. The number of ether oxygens (including phenoxy) is 6. The first kappa shape index (κ1) is 52.1. The summed E-state index contributed by atoms with van der Waals surface area (Å²) in [7, 11) is 0. The van der Waals surface area contributed by atoms with Gasteiger partial charge < -0.3 is 94.6 Å². The summed E-state index contributed by atoms with van der Waals surface area (Å²) in [6.07, 6.45) is -31.2. The standard InChI is InChI=1S/C48H50FNO22/c49-22-12-9-19(10-13-22)27(68-47-37(58)31(52)34(55)40(71-47)44(63)64)16-15-26-29(50(42(26)60)23-6-2-1-3-7-23)25-14-11-21(18-28(25)69-48-38(59)32(53)35(56)41(72-48)45(65)66)20-5-4-8-24(17-20)67-46-36(57)30(51)33(54)39(70-46)43(61)62/h1-14,17-18,26-27,29-41,46-48,51-59H,15-16H2,(H,61,62)(H,63,64)(H,65,66)/t26-,27+,29-,30+,31+,32+,33-,34-,35-,36?,37?,38?,39?,40?,41?,46-,47-,48-/m1/s1. The van der Waals surface area contributed by atoms with Crippen molar-refractivity contribution in [1.82, 2.24) is 0 Å². The van der Waals surface area contributed by atoms with Crippen LogP contribution in [0, 0.1) is 11.7 Å². The number of hydrogen-bond donors (Lipinski definition) is 12. The highest BCUT2D eigenvalue weighted by atomic mass is 19.1. The van der Waals surface area contributed by atoms with Crippen LogP contribution in [0.1, 0.15) is 36.1 Å². The highest BCUT2D eigenvalue weighted by Gasteiger charge is 2.53. The zero-order valence-electron chi connectivity index (χ0n) is 37.3. The van der Waals surface area contributed by atoms with Gasteiger partial charge in [-0.3, -0.25) is 4.79 Å². The molecule has 1 amide bonds. The van der Waals surface area contributed by atoms with Crippen molar-refractivity contribution in [2.45, 2.75) is 117 Å². The summed E-state index contributed by atoms with van der Waals surface area (Å²) < 4.78 is 48.4. The van der Waals surface area contributed by atoms with Gasteiger partial charge in [-0.1, -0.05) is 54.6 Å². The first-order valence-corrected chi connectivity index (χ1v) is 22.4. The molecule has 4 aromatic carbocycles. The highest BCUT2D eigenvalue weighted by molar-refractivity contribution is 6.03. The number of carboxylic acids is 3. The number of halogens is 1. The third-order valence-corrected chi connectivity index (χ3v) is 13.0. The Morgan fingerprint density at radius 2 is 1.08 bits per heavy atom. The molecule has 18 atom stereocenters. The van der Waals surface area contributed by atoms with Crippen molar-refractivity contribution in [3.8, 4) is 22.6 Å². The number of β-lactam (4-membered cyclic amide) rings is 1. The Bertz CT molecular complexity index is 2590. The summed E-state index contributed by atoms with van der Waals surface area (Å²) in [5, 5.41) is 124. The summed E-state index contributed by atoms with van der Waals surface area (Å²) >= 11 is 0. The van der Waals surface area contributed by atoms with Crippen molar-refractivity contribution < 1.29 is 113 Å². The summed E-state index contributed by atoms with van der Waals surface area (Å²) in [4.78, 5) is 51.7. The van der Waals surface area contributed by atoms with Gasteiger partial charge in [0.15, 0.2) is 24.6 Å². The maximum atomic E-state index is 14.4. The maximum absolute atomic E-state index is 14.4. The molecule has 0 saturated carbocycles. The van der Waals surface area contributed by atoms with Gasteiger partial charge in [-0.05, 0) is 72.0 Å². The van der Waals surface area contributed by atoms with Crippen LogP contribution in [0.15, 0.2) is 97.1 Å². The van der Waals surface area contributed by atoms with E-state index in [0.717, 1.165) is 12.1 Å². The second kappa shape index (κ2) is 21.5. The fraction of sp³-hybridized carbons (Fsp3) is 0.417. The molecular formula is C48H50FNO22. The third-order valence-electron chi connectivity index (χ3n) is 13.0. The van der Waals surface area contributed by atoms with Gasteiger partial charge in [0.25, 0.3) is 0 Å². The van der Waals surface area contributed by atoms with Crippen molar-refractivity contribution >= 4 is 29.5 Å². The van der Waals surface area contributed by atoms with E-state index in [1.54, 1.807) is 42.5 Å². The molecule has 24 heteroatoms. The second-order valence-corrected chi connectivity index (χ2v) is 17.6. The van der Waals surface area contributed by atoms with Crippen LogP contribution in [0.25, 0.3) is 11.1 Å². The number of anilines is 1. The van der Waals surface area contributed by atoms with E-state index in [2.05, 4.69) is 0 Å². The van der Waals surface area contributed by atoms with E-state index in [0.29, 0.717) is 16.8 Å². The predicted molar refractivity (Wildman–Crippen MR) is 236 cm³/mol. The summed E-state index contributed by atoms with van der Waals surface area (Å²) in [6.45, 7) is 0. The zero-order chi connectivity index (χ0) is 51.9. The van der Waals surface area contributed by atoms with E-state index in [4.69, 9.17) is 28.4 Å². The number of carbonyl (C=O) groups excluding carboxylic acids is 1. The minimum atomic E-state index is -2.09. The number of amides is 1. The maximum Gasteiger partial charge on any atom is 0.335 e. The van der Waals surface area contributed by atoms with Crippen LogP contribution in [0.2, 0.25) is 0 Å². The molecule has 72 heavy (non-hydrogen) atoms. The molecule has 4 aromatic rings. The molecule has 0 bridgehead atoms. The van der Waals surface area contributed by atoms with Gasteiger partial charge in [-0.2, -0.15) is 0 Å². The molecule has 8 rings (SSSR count). The lowest BCUT2D eigenvalue weighted by atomic mass is 9.77. The fourth-order valence-electron chi connectivity index (χ4n) is 9.08. The van der Waals surface area contributed by atoms with Crippen LogP contribution in [-0.4, -0.2) is 177 Å². The number of para-hydroxylation sites is 1. The van der Waals surface area contributed by atoms with Gasteiger partial charge in [-0.15, -0.1) is 0 Å². The molecule has 0 aromatic heterocycles. The molecule has 0 radical (unpaired) electrons. The van der Waals surface area contributed by atoms with Crippen molar-refractivity contribution in [2.75, 3.05) is 4.90 Å². The molecule has 4 aliphatic heterocycles. The van der Waals surface area contributed by atoms with E-state index >= 15 is 0 Å². The third kappa shape index (κ3) is 10.4. The number of nitrogens with zero attached hydrogens (tertiary/aromatic N) is 1. The van der Waals surface area contributed by atoms with Crippen LogP contribution in [0.5, 0.6) is 11.5 Å². The van der Waals surface area contributed by atoms with Crippen LogP contribution in [-0.2, 0) is 38.1 Å². The Morgan fingerprint density at radius 1 is 0.569 bits per heavy atom. The molecular weight excluding hydrogens is 962 g/mol. The average Bonchev–Trinajstić information content (AvgIpc) is 3.36. The minimum absolute atomic E-state index is 0.0311. The number of carboxylic acid groups (broad SMARTS) is 3. The fourth-order valence-corrected chi connectivity index (χ4v) is 9.08. The van der Waals surface area contributed by atoms with E-state index in [9.17, 15) is 84.8 Å². The van der Waals surface area contributed by atoms with Crippen molar-refractivity contribution in [1.29, 1.82) is 0 Å². The van der Waals surface area contributed by atoms with Crippen LogP contribution >= 0.6 is 0 Å². The number of benzene rings is 4. The minimum Gasteiger partial charge on any atom is -0.479 e. The second-order valence-electron chi connectivity index (χ2n) is 17.6. The zero-order valence-corrected chi connectivity index (χ0v) is 37.3. The Balaban J connectivity index is 1.16. The molecule has 0 aliphatic carbocycles. The number of aliphatic hydroxyl groups excluding tert-OH is 9. The molecule has 4 heterocycles. The first-order chi connectivity index (χ1) is 34.2. The Hall–Kier alpha value is -6.23. The number of hydrogen-bond acceptors (Lipinski definition) is 19. The van der Waals surface area contributed by atoms with E-state index < -0.39 is 140 Å². The summed E-state index contributed by atoms with van der Waals surface area (Å²) in [5.41, 5.74) is 1.53. The lowest BCUT2D eigenvalue weighted by Gasteiger charge is -2.48. The van der Waals surface area contributed by atoms with E-state index in [-0.39, 0.29) is 35.5 Å². The smallest absolute Gasteiger partial charge is 0.335 e. The SMILES string of the molecule is O=C(O)C1O[C@@H](Oc2cccc(-c3ccc([C@@H]4[C@@H](CC[C@H](O[C@@H]5OC(C(=O)O)[C@H](O)[C@H](O)C5O)c5ccc(F)cc5)C(=O)N4c4ccccc4)c(O[C@@H]4OC(C(=O)O)[C@H](O)[C@H](O)C4O)c3)c2)C(O)[C@@H](O)[C@H]1O. The molecule has 23 nitrogen and oxygen atoms in total. The number of carbonyl (C=O) groups is 4. The van der Waals surface area contributed by atoms with Gasteiger partial charge in [0.2, 0.25) is 18.5 Å². The van der Waals surface area contributed by atoms with Crippen LogP contribution in [0.4, 0.5) is 10.1 Å². The van der Waals surface area contributed by atoms with Crippen molar-refractivity contribution in [3.05, 3.63) is 114 Å². The van der Waals surface area contributed by atoms with Crippen LogP contribution in [0.3, 0.4) is 0 Å². The average molecular weight is 1010 g/mol. The van der Waals surface area contributed by atoms with Crippen LogP contribution < -0.4 is 14.4 Å². The normalized spacial score (nSPS) is 34.1. The van der Waals surface area contributed by atoms with Gasteiger partial charge in [-0.25, -0.2) is 18.8 Å². The van der Waals surface area contributed by atoms with Gasteiger partial charge in [0.05, 0.1) is 18.1 Å². The molecule has 386 valence electrons. The molecule has 6 unspecified atom stereocenters. The predicted octanol–water partition coefficient (Wildman–Crippen LogP) is -0.831. The number of aliphatic carboxylic acids is 3. The monoisotopic (exact) mass is 1010 g/mol. The lowest BCUT2D eigenvalue weighted by molar-refractivity contribution is -0.306. The van der Waals surface area contributed by atoms with Gasteiger partial charge >= 0.3 is 17.9 Å². The molecule has 4 aliphatic rings. The topological polar surface area (TPSA) is 370 Å². The number of aliphatic hydroxyl groups is 9. The molecule has 12 N–H and O–H groups in total. The Kier molecular flexibility index (Phi) is 15.5. The largest absolute Gasteiger partial charge is 0.479 e. The van der Waals surface area contributed by atoms with Crippen molar-refractivity contribution in [3.63, 3.8) is 0 Å². The Morgan fingerprint density at radius 3 is 1.64 bits per heavy atom. The molecule has 4 saturated heterocycles. The summed E-state index contributed by atoms with van der Waals surface area (Å²) in [6, 6.07) is 22.7. The highest BCUT2D eigenvalue weighted by Crippen LogP contribution is 2.50. The quantitative estimate of drug-likeness (QED) is 0.0609. The lowest BCUT2D eigenvalue weighted by Crippen LogP contribution is -2.61. The van der Waals surface area contributed by atoms with E-state index in [1.807, 2.05) is 0 Å². The first-order valence-electron chi connectivity index (χ1n) is 22.4. The van der Waals surface area contributed by atoms with Crippen molar-refractivity contribution in [2.24, 2.45) is 5.92 Å². The molecule has 4 fully saturated rings. The van der Waals surface area contributed by atoms with E-state index in [1.165, 1.54) is 47.4 Å².